The summed E-state index contributed by atoms with van der Waals surface area (Å²) in [6.07, 6.45) is 3.65. The molecule has 0 saturated heterocycles. The van der Waals surface area contributed by atoms with Crippen LogP contribution in [0.1, 0.15) is 20.8 Å². The predicted octanol–water partition coefficient (Wildman–Crippen LogP) is 5.49. The summed E-state index contributed by atoms with van der Waals surface area (Å²) in [6, 6.07) is 12.3. The van der Waals surface area contributed by atoms with Crippen molar-refractivity contribution in [3.8, 4) is 16.2 Å². The molecular weight excluding hydrogens is 358 g/mol. The van der Waals surface area contributed by atoms with Crippen molar-refractivity contribution in [1.29, 1.82) is 0 Å². The minimum atomic E-state index is -0.369. The van der Waals surface area contributed by atoms with Crippen LogP contribution in [0.2, 0.25) is 0 Å². The molecule has 0 aliphatic rings. The molecule has 27 heavy (non-hydrogen) atoms. The average Bonchev–Trinajstić information content (AvgIpc) is 3.08. The van der Waals surface area contributed by atoms with E-state index in [9.17, 15) is 4.79 Å². The number of nitrogens with zero attached hydrogens (tertiary/aromatic N) is 1. The largest absolute Gasteiger partial charge is 0.493 e. The first-order chi connectivity index (χ1) is 12.8. The number of esters is 1. The molecule has 0 radical (unpaired) electrons. The molecule has 0 amide bonds. The lowest BCUT2D eigenvalue weighted by Gasteiger charge is -2.24. The van der Waals surface area contributed by atoms with E-state index >= 15 is 0 Å². The quantitative estimate of drug-likeness (QED) is 0.401. The molecule has 3 rings (SSSR count). The monoisotopic (exact) mass is 381 g/mol. The summed E-state index contributed by atoms with van der Waals surface area (Å²) < 4.78 is 12.4. The van der Waals surface area contributed by atoms with Crippen molar-refractivity contribution < 1.29 is 14.3 Å². The maximum absolute atomic E-state index is 11.6. The number of hydrogen-bond acceptors (Lipinski definition) is 5. The molecule has 0 fully saturated rings. The molecule has 0 aliphatic carbocycles. The molecule has 0 atom stereocenters. The Kier molecular flexibility index (Phi) is 5.61. The van der Waals surface area contributed by atoms with Crippen molar-refractivity contribution in [1.82, 2.24) is 4.98 Å². The molecule has 2 heterocycles. The molecular formula is C22H23NO3S. The SMILES string of the molecule is C=C(C)C(=O)OCC(C)(C)COc1ccc2cc(-c3cccnc3)sc2c1. The van der Waals surface area contributed by atoms with E-state index in [1.54, 1.807) is 24.5 Å². The Bertz CT molecular complexity index is 960. The molecule has 5 heteroatoms. The number of rotatable bonds is 7. The highest BCUT2D eigenvalue weighted by Crippen LogP contribution is 2.35. The normalized spacial score (nSPS) is 11.4. The maximum Gasteiger partial charge on any atom is 0.333 e. The van der Waals surface area contributed by atoms with Crippen LogP contribution in [0.3, 0.4) is 0 Å². The van der Waals surface area contributed by atoms with Gasteiger partial charge in [-0.3, -0.25) is 4.98 Å². The third-order valence-corrected chi connectivity index (χ3v) is 5.16. The number of fused-ring (bicyclic) bond motifs is 1. The van der Waals surface area contributed by atoms with E-state index < -0.39 is 0 Å². The van der Waals surface area contributed by atoms with Gasteiger partial charge in [0.15, 0.2) is 0 Å². The Labute approximate surface area is 163 Å². The van der Waals surface area contributed by atoms with Crippen LogP contribution in [0.5, 0.6) is 5.75 Å². The Hall–Kier alpha value is -2.66. The summed E-state index contributed by atoms with van der Waals surface area (Å²) in [7, 11) is 0. The summed E-state index contributed by atoms with van der Waals surface area (Å²) in [5, 5.41) is 1.18. The number of benzene rings is 1. The van der Waals surface area contributed by atoms with Gasteiger partial charge in [0.05, 0.1) is 13.2 Å². The lowest BCUT2D eigenvalue weighted by atomic mass is 9.96. The second-order valence-corrected chi connectivity index (χ2v) is 8.45. The first-order valence-electron chi connectivity index (χ1n) is 8.73. The lowest BCUT2D eigenvalue weighted by molar-refractivity contribution is -0.142. The first-order valence-corrected chi connectivity index (χ1v) is 9.55. The summed E-state index contributed by atoms with van der Waals surface area (Å²) in [6.45, 7) is 9.97. The number of hydrogen-bond donors (Lipinski definition) is 0. The Morgan fingerprint density at radius 2 is 2.04 bits per heavy atom. The van der Waals surface area contributed by atoms with Crippen LogP contribution in [-0.2, 0) is 9.53 Å². The highest BCUT2D eigenvalue weighted by Gasteiger charge is 2.22. The number of carbonyl (C=O) groups is 1. The van der Waals surface area contributed by atoms with Gasteiger partial charge >= 0.3 is 5.97 Å². The van der Waals surface area contributed by atoms with Gasteiger partial charge in [0, 0.05) is 38.5 Å². The van der Waals surface area contributed by atoms with Crippen LogP contribution in [-0.4, -0.2) is 24.2 Å². The molecule has 0 saturated carbocycles. The fourth-order valence-electron chi connectivity index (χ4n) is 2.46. The van der Waals surface area contributed by atoms with Crippen LogP contribution in [0.4, 0.5) is 0 Å². The Morgan fingerprint density at radius 3 is 2.74 bits per heavy atom. The molecule has 2 aromatic heterocycles. The minimum Gasteiger partial charge on any atom is -0.493 e. The van der Waals surface area contributed by atoms with Crippen LogP contribution in [0.15, 0.2) is 60.9 Å². The zero-order valence-electron chi connectivity index (χ0n) is 15.8. The molecule has 0 bridgehead atoms. The summed E-state index contributed by atoms with van der Waals surface area (Å²) >= 11 is 1.72. The van der Waals surface area contributed by atoms with Gasteiger partial charge in [0.25, 0.3) is 0 Å². The standard InChI is InChI=1S/C22H23NO3S/c1-15(2)21(24)26-14-22(3,4)13-25-18-8-7-16-10-19(27-20(16)11-18)17-6-5-9-23-12-17/h5-12H,1,13-14H2,2-4H3. The maximum atomic E-state index is 11.6. The molecule has 1 aromatic carbocycles. The Morgan fingerprint density at radius 1 is 1.22 bits per heavy atom. The van der Waals surface area contributed by atoms with Crippen molar-refractivity contribution in [2.45, 2.75) is 20.8 Å². The molecule has 0 aliphatic heterocycles. The van der Waals surface area contributed by atoms with E-state index in [0.29, 0.717) is 12.2 Å². The zero-order valence-corrected chi connectivity index (χ0v) is 16.6. The van der Waals surface area contributed by atoms with E-state index in [-0.39, 0.29) is 18.0 Å². The van der Waals surface area contributed by atoms with Crippen molar-refractivity contribution in [3.63, 3.8) is 0 Å². The highest BCUT2D eigenvalue weighted by molar-refractivity contribution is 7.22. The summed E-state index contributed by atoms with van der Waals surface area (Å²) in [5.74, 6) is 0.437. The number of pyridine rings is 1. The third-order valence-electron chi connectivity index (χ3n) is 4.01. The van der Waals surface area contributed by atoms with Crippen molar-refractivity contribution in [2.24, 2.45) is 5.41 Å². The Balaban J connectivity index is 1.67. The zero-order chi connectivity index (χ0) is 19.4. The molecule has 3 aromatic rings. The summed E-state index contributed by atoms with van der Waals surface area (Å²) in [5.41, 5.74) is 1.22. The van der Waals surface area contributed by atoms with E-state index in [1.165, 1.54) is 10.3 Å². The van der Waals surface area contributed by atoms with Gasteiger partial charge in [-0.25, -0.2) is 4.79 Å². The highest BCUT2D eigenvalue weighted by atomic mass is 32.1. The van der Waals surface area contributed by atoms with Crippen molar-refractivity contribution in [3.05, 3.63) is 60.9 Å². The van der Waals surface area contributed by atoms with Crippen molar-refractivity contribution in [2.75, 3.05) is 13.2 Å². The number of aromatic nitrogens is 1. The van der Waals surface area contributed by atoms with Crippen LogP contribution < -0.4 is 4.74 Å². The fourth-order valence-corrected chi connectivity index (χ4v) is 3.54. The van der Waals surface area contributed by atoms with Gasteiger partial charge in [0.2, 0.25) is 0 Å². The molecule has 4 nitrogen and oxygen atoms in total. The topological polar surface area (TPSA) is 48.4 Å². The molecule has 0 N–H and O–H groups in total. The van der Waals surface area contributed by atoms with Crippen molar-refractivity contribution >= 4 is 27.4 Å². The number of thiophene rings is 1. The van der Waals surface area contributed by atoms with Crippen LogP contribution >= 0.6 is 11.3 Å². The van der Waals surface area contributed by atoms with E-state index in [0.717, 1.165) is 16.0 Å². The average molecular weight is 381 g/mol. The van der Waals surface area contributed by atoms with Gasteiger partial charge < -0.3 is 9.47 Å². The van der Waals surface area contributed by atoms with Gasteiger partial charge in [0.1, 0.15) is 5.75 Å². The van der Waals surface area contributed by atoms with Gasteiger partial charge in [-0.05, 0) is 42.6 Å². The number of ether oxygens (including phenoxy) is 2. The third kappa shape index (κ3) is 4.95. The second kappa shape index (κ2) is 7.92. The smallest absolute Gasteiger partial charge is 0.333 e. The van der Waals surface area contributed by atoms with E-state index in [1.807, 2.05) is 32.2 Å². The second-order valence-electron chi connectivity index (χ2n) is 7.36. The fraction of sp³-hybridized carbons (Fsp3) is 0.273. The van der Waals surface area contributed by atoms with Gasteiger partial charge in [-0.1, -0.05) is 26.5 Å². The minimum absolute atomic E-state index is 0.283. The predicted molar refractivity (Wildman–Crippen MR) is 110 cm³/mol. The molecule has 140 valence electrons. The van der Waals surface area contributed by atoms with Crippen LogP contribution in [0, 0.1) is 5.41 Å². The van der Waals surface area contributed by atoms with E-state index in [2.05, 4.69) is 35.8 Å². The lowest BCUT2D eigenvalue weighted by Crippen LogP contribution is -2.28. The van der Waals surface area contributed by atoms with Gasteiger partial charge in [-0.15, -0.1) is 11.3 Å². The first kappa shape index (κ1) is 19.1. The molecule has 0 unspecified atom stereocenters. The summed E-state index contributed by atoms with van der Waals surface area (Å²) in [4.78, 5) is 16.9. The molecule has 0 spiro atoms. The van der Waals surface area contributed by atoms with E-state index in [4.69, 9.17) is 9.47 Å². The van der Waals surface area contributed by atoms with Gasteiger partial charge in [-0.2, -0.15) is 0 Å². The van der Waals surface area contributed by atoms with Crippen LogP contribution in [0.25, 0.3) is 20.5 Å². The number of carbonyl (C=O) groups excluding carboxylic acids is 1.